The smallest absolute Gasteiger partial charge is 0.188 e. The lowest BCUT2D eigenvalue weighted by atomic mass is 10.1. The second-order valence-electron chi connectivity index (χ2n) is 7.15. The maximum atomic E-state index is 12.9. The number of hydrogen-bond donors (Lipinski definition) is 0. The SMILES string of the molecule is Cc1ccc2c(c1)-c1cc(-c3ccccc3)nn1/C(=C/C(=O)c1ccc(Cl)cc1)S2. The van der Waals surface area contributed by atoms with Gasteiger partial charge in [-0.3, -0.25) is 4.79 Å². The number of benzene rings is 3. The van der Waals surface area contributed by atoms with Crippen LogP contribution in [0.1, 0.15) is 15.9 Å². The molecule has 0 N–H and O–H groups in total. The second kappa shape index (κ2) is 7.63. The Kier molecular flexibility index (Phi) is 4.81. The first-order chi connectivity index (χ1) is 14.6. The fraction of sp³-hybridized carbons (Fsp3) is 0.0400. The summed E-state index contributed by atoms with van der Waals surface area (Å²) in [5.41, 5.74) is 5.83. The Labute approximate surface area is 184 Å². The normalized spacial score (nSPS) is 13.7. The van der Waals surface area contributed by atoms with E-state index in [-0.39, 0.29) is 5.78 Å². The Morgan fingerprint density at radius 3 is 2.53 bits per heavy atom. The van der Waals surface area contributed by atoms with Crippen LogP contribution in [-0.2, 0) is 0 Å². The minimum absolute atomic E-state index is 0.0764. The molecule has 5 rings (SSSR count). The molecule has 3 nitrogen and oxygen atoms in total. The van der Waals surface area contributed by atoms with E-state index in [1.54, 1.807) is 42.1 Å². The fourth-order valence-electron chi connectivity index (χ4n) is 3.48. The molecular weight excluding hydrogens is 412 g/mol. The summed E-state index contributed by atoms with van der Waals surface area (Å²) in [5.74, 6) is -0.0764. The van der Waals surface area contributed by atoms with Crippen molar-refractivity contribution in [1.82, 2.24) is 9.78 Å². The van der Waals surface area contributed by atoms with Crippen LogP contribution >= 0.6 is 23.4 Å². The van der Waals surface area contributed by atoms with Crippen molar-refractivity contribution in [1.29, 1.82) is 0 Å². The molecule has 5 heteroatoms. The summed E-state index contributed by atoms with van der Waals surface area (Å²) in [6.07, 6.45) is 1.65. The van der Waals surface area contributed by atoms with Gasteiger partial charge in [0.25, 0.3) is 0 Å². The van der Waals surface area contributed by atoms with Crippen molar-refractivity contribution < 1.29 is 4.79 Å². The van der Waals surface area contributed by atoms with Crippen LogP contribution in [0.3, 0.4) is 0 Å². The number of thioether (sulfide) groups is 1. The van der Waals surface area contributed by atoms with Crippen molar-refractivity contribution in [3.63, 3.8) is 0 Å². The van der Waals surface area contributed by atoms with Gasteiger partial charge in [0.05, 0.1) is 11.4 Å². The third-order valence-electron chi connectivity index (χ3n) is 5.00. The van der Waals surface area contributed by atoms with Gasteiger partial charge < -0.3 is 0 Å². The van der Waals surface area contributed by atoms with Gasteiger partial charge in [-0.2, -0.15) is 5.10 Å². The number of halogens is 1. The van der Waals surface area contributed by atoms with Crippen LogP contribution in [0.15, 0.2) is 89.8 Å². The number of ketones is 1. The molecule has 30 heavy (non-hydrogen) atoms. The van der Waals surface area contributed by atoms with E-state index in [2.05, 4.69) is 31.2 Å². The molecule has 2 heterocycles. The van der Waals surface area contributed by atoms with E-state index < -0.39 is 0 Å². The van der Waals surface area contributed by atoms with Crippen LogP contribution < -0.4 is 0 Å². The zero-order chi connectivity index (χ0) is 20.7. The number of aromatic nitrogens is 2. The number of carbonyl (C=O) groups is 1. The van der Waals surface area contributed by atoms with E-state index in [9.17, 15) is 4.79 Å². The van der Waals surface area contributed by atoms with Crippen molar-refractivity contribution in [3.8, 4) is 22.5 Å². The summed E-state index contributed by atoms with van der Waals surface area (Å²) >= 11 is 7.52. The summed E-state index contributed by atoms with van der Waals surface area (Å²) in [7, 11) is 0. The number of allylic oxidation sites excluding steroid dienone is 1. The second-order valence-corrected chi connectivity index (χ2v) is 8.65. The Morgan fingerprint density at radius 1 is 1.00 bits per heavy atom. The molecule has 1 aliphatic heterocycles. The highest BCUT2D eigenvalue weighted by Gasteiger charge is 2.24. The highest BCUT2D eigenvalue weighted by Crippen LogP contribution is 2.45. The molecule has 0 radical (unpaired) electrons. The summed E-state index contributed by atoms with van der Waals surface area (Å²) in [6, 6.07) is 25.5. The fourth-order valence-corrected chi connectivity index (χ4v) is 4.63. The van der Waals surface area contributed by atoms with Crippen LogP contribution in [0.4, 0.5) is 0 Å². The minimum atomic E-state index is -0.0764. The summed E-state index contributed by atoms with van der Waals surface area (Å²) in [4.78, 5) is 14.0. The van der Waals surface area contributed by atoms with Gasteiger partial charge in [0, 0.05) is 32.7 Å². The van der Waals surface area contributed by atoms with Gasteiger partial charge in [-0.25, -0.2) is 4.68 Å². The molecule has 0 unspecified atom stereocenters. The van der Waals surface area contributed by atoms with Gasteiger partial charge in [-0.15, -0.1) is 0 Å². The maximum Gasteiger partial charge on any atom is 0.188 e. The molecular formula is C25H17ClN2OS. The summed E-state index contributed by atoms with van der Waals surface area (Å²) in [5, 5.41) is 6.24. The third kappa shape index (κ3) is 3.49. The van der Waals surface area contributed by atoms with E-state index in [0.29, 0.717) is 10.6 Å². The topological polar surface area (TPSA) is 34.9 Å². The predicted octanol–water partition coefficient (Wildman–Crippen LogP) is 6.97. The average Bonchev–Trinajstić information content (AvgIpc) is 3.21. The number of hydrogen-bond acceptors (Lipinski definition) is 3. The summed E-state index contributed by atoms with van der Waals surface area (Å²) in [6.45, 7) is 2.08. The first-order valence-electron chi connectivity index (χ1n) is 9.55. The van der Waals surface area contributed by atoms with E-state index in [4.69, 9.17) is 16.7 Å². The van der Waals surface area contributed by atoms with Crippen LogP contribution in [0.2, 0.25) is 5.02 Å². The average molecular weight is 429 g/mol. The number of nitrogens with zero attached hydrogens (tertiary/aromatic N) is 2. The van der Waals surface area contributed by atoms with E-state index >= 15 is 0 Å². The van der Waals surface area contributed by atoms with Gasteiger partial charge in [-0.1, -0.05) is 65.3 Å². The largest absolute Gasteiger partial charge is 0.289 e. The highest BCUT2D eigenvalue weighted by molar-refractivity contribution is 8.08. The van der Waals surface area contributed by atoms with E-state index in [1.807, 2.05) is 35.0 Å². The molecule has 0 saturated carbocycles. The molecule has 0 fully saturated rings. The zero-order valence-corrected chi connectivity index (χ0v) is 17.7. The molecule has 0 aliphatic carbocycles. The lowest BCUT2D eigenvalue weighted by molar-refractivity contribution is 0.104. The predicted molar refractivity (Wildman–Crippen MR) is 124 cm³/mol. The lowest BCUT2D eigenvalue weighted by Crippen LogP contribution is -2.07. The number of rotatable bonds is 3. The van der Waals surface area contributed by atoms with Crippen LogP contribution in [0.25, 0.3) is 27.5 Å². The van der Waals surface area contributed by atoms with Gasteiger partial charge in [0.2, 0.25) is 0 Å². The van der Waals surface area contributed by atoms with Gasteiger partial charge in [0.1, 0.15) is 5.03 Å². The van der Waals surface area contributed by atoms with Crippen molar-refractivity contribution in [2.45, 2.75) is 11.8 Å². The van der Waals surface area contributed by atoms with Gasteiger partial charge >= 0.3 is 0 Å². The summed E-state index contributed by atoms with van der Waals surface area (Å²) < 4.78 is 1.88. The van der Waals surface area contributed by atoms with Gasteiger partial charge in [-0.05, 0) is 49.4 Å². The molecule has 1 aromatic heterocycles. The lowest BCUT2D eigenvalue weighted by Gasteiger charge is -2.20. The van der Waals surface area contributed by atoms with Crippen molar-refractivity contribution in [3.05, 3.63) is 101 Å². The number of aryl methyl sites for hydroxylation is 1. The zero-order valence-electron chi connectivity index (χ0n) is 16.2. The van der Waals surface area contributed by atoms with E-state index in [1.165, 1.54) is 5.56 Å². The highest BCUT2D eigenvalue weighted by atomic mass is 35.5. The Hall–Kier alpha value is -3.08. The molecule has 146 valence electrons. The van der Waals surface area contributed by atoms with E-state index in [0.717, 1.165) is 32.4 Å². The van der Waals surface area contributed by atoms with Crippen molar-refractivity contribution >= 4 is 34.2 Å². The molecule has 0 atom stereocenters. The quantitative estimate of drug-likeness (QED) is 0.261. The first-order valence-corrected chi connectivity index (χ1v) is 10.7. The van der Waals surface area contributed by atoms with Crippen LogP contribution in [-0.4, -0.2) is 15.6 Å². The van der Waals surface area contributed by atoms with Crippen LogP contribution in [0, 0.1) is 6.92 Å². The molecule has 0 spiro atoms. The Morgan fingerprint density at radius 2 is 1.77 bits per heavy atom. The van der Waals surface area contributed by atoms with Gasteiger partial charge in [0.15, 0.2) is 5.78 Å². The molecule has 1 aliphatic rings. The molecule has 3 aromatic carbocycles. The maximum absolute atomic E-state index is 12.9. The standard InChI is InChI=1S/C25H17ClN2OS/c1-16-7-12-24-20(13-16)22-14-21(17-5-3-2-4-6-17)27-28(22)25(30-24)15-23(29)18-8-10-19(26)11-9-18/h2-15H,1H3/b25-15-. The third-order valence-corrected chi connectivity index (χ3v) is 6.32. The molecule has 0 amide bonds. The Balaban J connectivity index is 1.64. The van der Waals surface area contributed by atoms with Crippen molar-refractivity contribution in [2.24, 2.45) is 0 Å². The monoisotopic (exact) mass is 428 g/mol. The molecule has 0 bridgehead atoms. The minimum Gasteiger partial charge on any atom is -0.289 e. The first kappa shape index (κ1) is 18.9. The van der Waals surface area contributed by atoms with Crippen molar-refractivity contribution in [2.75, 3.05) is 0 Å². The number of fused-ring (bicyclic) bond motifs is 3. The van der Waals surface area contributed by atoms with Crippen LogP contribution in [0.5, 0.6) is 0 Å². The molecule has 4 aromatic rings. The Bertz CT molecular complexity index is 1290. The molecule has 0 saturated heterocycles. The number of carbonyl (C=O) groups excluding carboxylic acids is 1.